The summed E-state index contributed by atoms with van der Waals surface area (Å²) in [7, 11) is 0. The van der Waals surface area contributed by atoms with Crippen molar-refractivity contribution >= 4 is 0 Å². The van der Waals surface area contributed by atoms with Crippen molar-refractivity contribution in [2.45, 2.75) is 45.3 Å². The van der Waals surface area contributed by atoms with Gasteiger partial charge >= 0.3 is 0 Å². The summed E-state index contributed by atoms with van der Waals surface area (Å²) in [5.41, 5.74) is 1.90. The van der Waals surface area contributed by atoms with Gasteiger partial charge in [-0.1, -0.05) is 13.0 Å². The number of ether oxygens (including phenoxy) is 1. The SMILES string of the molecule is CCNC(c1cc(F)ccc1C)C1(C)CCCO1. The molecule has 2 nitrogen and oxygen atoms in total. The summed E-state index contributed by atoms with van der Waals surface area (Å²) in [6.07, 6.45) is 2.09. The molecule has 0 aromatic heterocycles. The zero-order valence-electron chi connectivity index (χ0n) is 11.4. The van der Waals surface area contributed by atoms with Crippen LogP contribution in [0.15, 0.2) is 18.2 Å². The van der Waals surface area contributed by atoms with E-state index in [0.29, 0.717) is 0 Å². The Morgan fingerprint density at radius 1 is 1.50 bits per heavy atom. The van der Waals surface area contributed by atoms with Gasteiger partial charge in [-0.2, -0.15) is 0 Å². The summed E-state index contributed by atoms with van der Waals surface area (Å²) in [4.78, 5) is 0. The fourth-order valence-electron chi connectivity index (χ4n) is 2.81. The minimum atomic E-state index is -0.228. The molecule has 1 aromatic carbocycles. The van der Waals surface area contributed by atoms with E-state index in [-0.39, 0.29) is 17.5 Å². The van der Waals surface area contributed by atoms with E-state index in [1.807, 2.05) is 13.0 Å². The van der Waals surface area contributed by atoms with E-state index < -0.39 is 0 Å². The Balaban J connectivity index is 2.37. The second-order valence-electron chi connectivity index (χ2n) is 5.26. The quantitative estimate of drug-likeness (QED) is 0.886. The van der Waals surface area contributed by atoms with Crippen molar-refractivity contribution in [3.05, 3.63) is 35.1 Å². The Morgan fingerprint density at radius 3 is 2.89 bits per heavy atom. The topological polar surface area (TPSA) is 21.3 Å². The summed E-state index contributed by atoms with van der Waals surface area (Å²) >= 11 is 0. The van der Waals surface area contributed by atoms with Gasteiger partial charge in [0.2, 0.25) is 0 Å². The molecule has 1 aliphatic rings. The molecule has 18 heavy (non-hydrogen) atoms. The lowest BCUT2D eigenvalue weighted by Crippen LogP contribution is -2.41. The molecule has 0 amide bonds. The number of nitrogens with one attached hydrogen (secondary N) is 1. The summed E-state index contributed by atoms with van der Waals surface area (Å²) in [5.74, 6) is -0.180. The molecular weight excluding hydrogens is 229 g/mol. The van der Waals surface area contributed by atoms with Crippen molar-refractivity contribution in [2.24, 2.45) is 0 Å². The van der Waals surface area contributed by atoms with Crippen molar-refractivity contribution in [3.63, 3.8) is 0 Å². The van der Waals surface area contributed by atoms with Crippen LogP contribution >= 0.6 is 0 Å². The van der Waals surface area contributed by atoms with Crippen LogP contribution in [-0.4, -0.2) is 18.8 Å². The Bertz CT molecular complexity index is 413. The summed E-state index contributed by atoms with van der Waals surface area (Å²) < 4.78 is 19.4. The summed E-state index contributed by atoms with van der Waals surface area (Å²) in [5, 5.41) is 3.46. The first-order chi connectivity index (χ1) is 8.57. The molecule has 1 aliphatic heterocycles. The van der Waals surface area contributed by atoms with Crippen LogP contribution in [0.25, 0.3) is 0 Å². The minimum absolute atomic E-state index is 0.0562. The molecule has 1 aromatic rings. The molecule has 1 N–H and O–H groups in total. The highest BCUT2D eigenvalue weighted by atomic mass is 19.1. The van der Waals surface area contributed by atoms with Crippen molar-refractivity contribution in [3.8, 4) is 0 Å². The van der Waals surface area contributed by atoms with Crippen LogP contribution in [0.3, 0.4) is 0 Å². The molecule has 1 saturated heterocycles. The molecule has 100 valence electrons. The van der Waals surface area contributed by atoms with E-state index in [1.165, 1.54) is 6.07 Å². The second-order valence-corrected chi connectivity index (χ2v) is 5.26. The average Bonchev–Trinajstić information content (AvgIpc) is 2.77. The van der Waals surface area contributed by atoms with E-state index in [1.54, 1.807) is 6.07 Å². The van der Waals surface area contributed by atoms with Crippen LogP contribution in [0.2, 0.25) is 0 Å². The molecule has 1 fully saturated rings. The van der Waals surface area contributed by atoms with E-state index >= 15 is 0 Å². The summed E-state index contributed by atoms with van der Waals surface area (Å²) in [6.45, 7) is 7.86. The highest BCUT2D eigenvalue weighted by Crippen LogP contribution is 2.38. The van der Waals surface area contributed by atoms with Gasteiger partial charge in [-0.05, 0) is 56.5 Å². The van der Waals surface area contributed by atoms with Gasteiger partial charge in [-0.25, -0.2) is 4.39 Å². The van der Waals surface area contributed by atoms with Crippen LogP contribution in [0.1, 0.15) is 43.9 Å². The number of benzene rings is 1. The van der Waals surface area contributed by atoms with Gasteiger partial charge in [0.25, 0.3) is 0 Å². The van der Waals surface area contributed by atoms with Crippen LogP contribution in [-0.2, 0) is 4.74 Å². The maximum Gasteiger partial charge on any atom is 0.123 e. The molecule has 2 rings (SSSR count). The van der Waals surface area contributed by atoms with E-state index in [0.717, 1.165) is 37.1 Å². The van der Waals surface area contributed by atoms with Gasteiger partial charge in [0.15, 0.2) is 0 Å². The predicted molar refractivity (Wildman–Crippen MR) is 71.1 cm³/mol. The zero-order valence-corrected chi connectivity index (χ0v) is 11.4. The summed E-state index contributed by atoms with van der Waals surface area (Å²) in [6, 6.07) is 5.04. The number of hydrogen-bond donors (Lipinski definition) is 1. The van der Waals surface area contributed by atoms with Crippen molar-refractivity contribution in [1.82, 2.24) is 5.32 Å². The Labute approximate surface area is 109 Å². The van der Waals surface area contributed by atoms with Gasteiger partial charge in [-0.15, -0.1) is 0 Å². The number of halogens is 1. The monoisotopic (exact) mass is 251 g/mol. The van der Waals surface area contributed by atoms with Crippen molar-refractivity contribution < 1.29 is 9.13 Å². The first-order valence-electron chi connectivity index (χ1n) is 6.70. The molecule has 2 atom stereocenters. The predicted octanol–water partition coefficient (Wildman–Crippen LogP) is 3.35. The third kappa shape index (κ3) is 2.57. The standard InChI is InChI=1S/C15H22FNO/c1-4-17-14(15(3)8-5-9-18-15)13-10-12(16)7-6-11(13)2/h6-7,10,14,17H,4-5,8-9H2,1-3H3. The van der Waals surface area contributed by atoms with E-state index in [4.69, 9.17) is 4.74 Å². The lowest BCUT2D eigenvalue weighted by atomic mass is 9.85. The van der Waals surface area contributed by atoms with E-state index in [9.17, 15) is 4.39 Å². The molecule has 0 bridgehead atoms. The first kappa shape index (κ1) is 13.5. The first-order valence-corrected chi connectivity index (χ1v) is 6.70. The molecule has 0 radical (unpaired) electrons. The Morgan fingerprint density at radius 2 is 2.28 bits per heavy atom. The van der Waals surface area contributed by atoms with Gasteiger partial charge in [0, 0.05) is 6.61 Å². The van der Waals surface area contributed by atoms with Crippen LogP contribution in [0.5, 0.6) is 0 Å². The average molecular weight is 251 g/mol. The van der Waals surface area contributed by atoms with Crippen LogP contribution < -0.4 is 5.32 Å². The van der Waals surface area contributed by atoms with Crippen molar-refractivity contribution in [1.29, 1.82) is 0 Å². The normalized spacial score (nSPS) is 25.3. The largest absolute Gasteiger partial charge is 0.373 e. The van der Waals surface area contributed by atoms with Gasteiger partial charge in [0.05, 0.1) is 11.6 Å². The molecule has 2 unspecified atom stereocenters. The maximum absolute atomic E-state index is 13.5. The fraction of sp³-hybridized carbons (Fsp3) is 0.600. The Kier molecular flexibility index (Phi) is 4.03. The second kappa shape index (κ2) is 5.37. The van der Waals surface area contributed by atoms with Crippen LogP contribution in [0.4, 0.5) is 4.39 Å². The lowest BCUT2D eigenvalue weighted by molar-refractivity contribution is -0.0123. The molecule has 1 heterocycles. The molecule has 0 aliphatic carbocycles. The van der Waals surface area contributed by atoms with Crippen molar-refractivity contribution in [2.75, 3.05) is 13.2 Å². The van der Waals surface area contributed by atoms with Crippen LogP contribution in [0, 0.1) is 12.7 Å². The van der Waals surface area contributed by atoms with Gasteiger partial charge in [0.1, 0.15) is 5.82 Å². The fourth-order valence-corrected chi connectivity index (χ4v) is 2.81. The molecule has 3 heteroatoms. The van der Waals surface area contributed by atoms with Gasteiger partial charge in [-0.3, -0.25) is 0 Å². The minimum Gasteiger partial charge on any atom is -0.373 e. The maximum atomic E-state index is 13.5. The third-order valence-electron chi connectivity index (χ3n) is 3.82. The third-order valence-corrected chi connectivity index (χ3v) is 3.82. The van der Waals surface area contributed by atoms with E-state index in [2.05, 4.69) is 19.2 Å². The lowest BCUT2D eigenvalue weighted by Gasteiger charge is -2.35. The number of aryl methyl sites for hydroxylation is 1. The highest BCUT2D eigenvalue weighted by Gasteiger charge is 2.39. The zero-order chi connectivity index (χ0) is 13.2. The number of hydrogen-bond acceptors (Lipinski definition) is 2. The number of rotatable bonds is 4. The molecule has 0 spiro atoms. The smallest absolute Gasteiger partial charge is 0.123 e. The van der Waals surface area contributed by atoms with Gasteiger partial charge < -0.3 is 10.1 Å². The molecular formula is C15H22FNO. The molecule has 0 saturated carbocycles. The highest BCUT2D eigenvalue weighted by molar-refractivity contribution is 5.32. The number of likely N-dealkylation sites (N-methyl/N-ethyl adjacent to an activating group) is 1. The Hall–Kier alpha value is -0.930.